The first kappa shape index (κ1) is 14.0. The molecule has 0 radical (unpaired) electrons. The van der Waals surface area contributed by atoms with Gasteiger partial charge in [-0.15, -0.1) is 5.10 Å². The van der Waals surface area contributed by atoms with Crippen LogP contribution >= 0.6 is 11.8 Å². The zero-order chi connectivity index (χ0) is 13.7. The first-order valence-corrected chi connectivity index (χ1v) is 7.26. The van der Waals surface area contributed by atoms with Crippen LogP contribution in [0.2, 0.25) is 0 Å². The van der Waals surface area contributed by atoms with Gasteiger partial charge in [0.1, 0.15) is 0 Å². The van der Waals surface area contributed by atoms with Gasteiger partial charge in [0.25, 0.3) is 0 Å². The molecule has 5 nitrogen and oxygen atoms in total. The minimum atomic E-state index is 0.385. The summed E-state index contributed by atoms with van der Waals surface area (Å²) in [7, 11) is 1.84. The molecule has 2 rings (SSSR count). The van der Waals surface area contributed by atoms with Gasteiger partial charge in [-0.05, 0) is 59.8 Å². The number of nitrogens with one attached hydrogen (secondary N) is 1. The smallest absolute Gasteiger partial charge is 0.213 e. The van der Waals surface area contributed by atoms with Crippen LogP contribution in [0, 0.1) is 0 Å². The van der Waals surface area contributed by atoms with Gasteiger partial charge in [-0.2, -0.15) is 0 Å². The highest BCUT2D eigenvalue weighted by Crippen LogP contribution is 2.26. The van der Waals surface area contributed by atoms with E-state index in [9.17, 15) is 0 Å². The van der Waals surface area contributed by atoms with Crippen LogP contribution in [0.15, 0.2) is 34.3 Å². The summed E-state index contributed by atoms with van der Waals surface area (Å²) in [5, 5.41) is 15.7. The molecule has 102 valence electrons. The van der Waals surface area contributed by atoms with Crippen molar-refractivity contribution in [2.75, 3.05) is 6.54 Å². The second kappa shape index (κ2) is 6.68. The molecule has 0 fully saturated rings. The predicted molar refractivity (Wildman–Crippen MR) is 76.1 cm³/mol. The van der Waals surface area contributed by atoms with Gasteiger partial charge >= 0.3 is 0 Å². The standard InChI is InChI=1S/C13H19N5S/c1-4-9-14-10(2)11-5-7-12(8-6-11)19-13-15-16-17-18(13)3/h5-8,10,14H,4,9H2,1-3H3. The van der Waals surface area contributed by atoms with Crippen LogP contribution in [0.1, 0.15) is 31.9 Å². The highest BCUT2D eigenvalue weighted by atomic mass is 32.2. The van der Waals surface area contributed by atoms with Gasteiger partial charge in [-0.25, -0.2) is 4.68 Å². The SMILES string of the molecule is CCCNC(C)c1ccc(Sc2nnnn2C)cc1. The summed E-state index contributed by atoms with van der Waals surface area (Å²) >= 11 is 1.57. The van der Waals surface area contributed by atoms with E-state index < -0.39 is 0 Å². The third-order valence-electron chi connectivity index (χ3n) is 2.87. The zero-order valence-corrected chi connectivity index (χ0v) is 12.3. The van der Waals surface area contributed by atoms with Crippen molar-refractivity contribution in [1.29, 1.82) is 0 Å². The lowest BCUT2D eigenvalue weighted by atomic mass is 10.1. The van der Waals surface area contributed by atoms with E-state index >= 15 is 0 Å². The van der Waals surface area contributed by atoms with E-state index in [4.69, 9.17) is 0 Å². The van der Waals surface area contributed by atoms with Crippen LogP contribution in [0.5, 0.6) is 0 Å². The number of aryl methyl sites for hydroxylation is 1. The maximum atomic E-state index is 3.96. The van der Waals surface area contributed by atoms with Crippen molar-refractivity contribution in [3.63, 3.8) is 0 Å². The molecule has 1 heterocycles. The van der Waals surface area contributed by atoms with E-state index in [1.54, 1.807) is 16.4 Å². The van der Waals surface area contributed by atoms with Gasteiger partial charge < -0.3 is 5.32 Å². The van der Waals surface area contributed by atoms with Crippen molar-refractivity contribution in [2.24, 2.45) is 7.05 Å². The van der Waals surface area contributed by atoms with Gasteiger partial charge in [0.2, 0.25) is 5.16 Å². The fraction of sp³-hybridized carbons (Fsp3) is 0.462. The summed E-state index contributed by atoms with van der Waals surface area (Å²) in [6, 6.07) is 8.91. The topological polar surface area (TPSA) is 55.6 Å². The minimum Gasteiger partial charge on any atom is -0.310 e. The largest absolute Gasteiger partial charge is 0.310 e. The van der Waals surface area contributed by atoms with Crippen LogP contribution in [-0.4, -0.2) is 26.8 Å². The molecule has 1 unspecified atom stereocenters. The lowest BCUT2D eigenvalue weighted by Crippen LogP contribution is -2.19. The molecule has 1 N–H and O–H groups in total. The van der Waals surface area contributed by atoms with Crippen molar-refractivity contribution < 1.29 is 0 Å². The van der Waals surface area contributed by atoms with E-state index in [0.717, 1.165) is 23.0 Å². The fourth-order valence-electron chi connectivity index (χ4n) is 1.72. The second-order valence-electron chi connectivity index (χ2n) is 4.43. The quantitative estimate of drug-likeness (QED) is 0.879. The first-order chi connectivity index (χ1) is 9.20. The number of rotatable bonds is 6. The Bertz CT molecular complexity index is 508. The molecule has 2 aromatic rings. The molecule has 0 saturated heterocycles. The van der Waals surface area contributed by atoms with E-state index in [-0.39, 0.29) is 0 Å². The molecule has 0 aliphatic heterocycles. The molecule has 1 aromatic carbocycles. The summed E-state index contributed by atoms with van der Waals surface area (Å²) in [4.78, 5) is 1.14. The third-order valence-corrected chi connectivity index (χ3v) is 3.91. The van der Waals surface area contributed by atoms with Crippen molar-refractivity contribution in [2.45, 2.75) is 36.4 Å². The van der Waals surface area contributed by atoms with Crippen LogP contribution < -0.4 is 5.32 Å². The zero-order valence-electron chi connectivity index (χ0n) is 11.5. The number of benzene rings is 1. The van der Waals surface area contributed by atoms with Crippen molar-refractivity contribution >= 4 is 11.8 Å². The third kappa shape index (κ3) is 3.78. The summed E-state index contributed by atoms with van der Waals surface area (Å²) in [6.45, 7) is 5.40. The van der Waals surface area contributed by atoms with E-state index in [0.29, 0.717) is 6.04 Å². The normalized spacial score (nSPS) is 12.6. The van der Waals surface area contributed by atoms with Crippen LogP contribution in [0.4, 0.5) is 0 Å². The monoisotopic (exact) mass is 277 g/mol. The molecule has 0 aliphatic carbocycles. The van der Waals surface area contributed by atoms with Crippen molar-refractivity contribution in [3.8, 4) is 0 Å². The Morgan fingerprint density at radius 2 is 2.05 bits per heavy atom. The lowest BCUT2D eigenvalue weighted by molar-refractivity contribution is 0.570. The van der Waals surface area contributed by atoms with Gasteiger partial charge in [-0.1, -0.05) is 19.1 Å². The summed E-state index contributed by atoms with van der Waals surface area (Å²) < 4.78 is 1.67. The van der Waals surface area contributed by atoms with Gasteiger partial charge in [0, 0.05) is 18.0 Å². The molecule has 0 spiro atoms. The Kier molecular flexibility index (Phi) is 4.93. The molecule has 0 aliphatic rings. The van der Waals surface area contributed by atoms with Gasteiger partial charge in [-0.3, -0.25) is 0 Å². The molecular weight excluding hydrogens is 258 g/mol. The van der Waals surface area contributed by atoms with E-state index in [1.165, 1.54) is 5.56 Å². The molecule has 0 amide bonds. The molecule has 1 aromatic heterocycles. The number of hydrogen-bond acceptors (Lipinski definition) is 5. The first-order valence-electron chi connectivity index (χ1n) is 6.44. The van der Waals surface area contributed by atoms with Crippen LogP contribution in [0.25, 0.3) is 0 Å². The number of aromatic nitrogens is 4. The van der Waals surface area contributed by atoms with E-state index in [1.807, 2.05) is 7.05 Å². The average molecular weight is 277 g/mol. The van der Waals surface area contributed by atoms with Crippen LogP contribution in [-0.2, 0) is 7.05 Å². The number of hydrogen-bond donors (Lipinski definition) is 1. The van der Waals surface area contributed by atoms with Gasteiger partial charge in [0.05, 0.1) is 0 Å². The van der Waals surface area contributed by atoms with Gasteiger partial charge in [0.15, 0.2) is 0 Å². The Labute approximate surface area is 117 Å². The Morgan fingerprint density at radius 3 is 2.63 bits per heavy atom. The number of nitrogens with zero attached hydrogens (tertiary/aromatic N) is 4. The Hall–Kier alpha value is -1.40. The maximum absolute atomic E-state index is 3.96. The molecule has 0 saturated carbocycles. The lowest BCUT2D eigenvalue weighted by Gasteiger charge is -2.13. The molecule has 0 bridgehead atoms. The Morgan fingerprint density at radius 1 is 1.32 bits per heavy atom. The van der Waals surface area contributed by atoms with Crippen molar-refractivity contribution in [1.82, 2.24) is 25.5 Å². The molecule has 19 heavy (non-hydrogen) atoms. The summed E-state index contributed by atoms with van der Waals surface area (Å²) in [5.74, 6) is 0. The fourth-order valence-corrected chi connectivity index (χ4v) is 2.45. The van der Waals surface area contributed by atoms with Crippen molar-refractivity contribution in [3.05, 3.63) is 29.8 Å². The summed E-state index contributed by atoms with van der Waals surface area (Å²) in [5.41, 5.74) is 1.30. The highest BCUT2D eigenvalue weighted by molar-refractivity contribution is 7.99. The predicted octanol–water partition coefficient (Wildman–Crippen LogP) is 2.42. The Balaban J connectivity index is 2.00. The molecule has 1 atom stereocenters. The number of tetrazole rings is 1. The average Bonchev–Trinajstić information content (AvgIpc) is 2.82. The maximum Gasteiger partial charge on any atom is 0.213 e. The minimum absolute atomic E-state index is 0.385. The summed E-state index contributed by atoms with van der Waals surface area (Å²) in [6.07, 6.45) is 1.15. The second-order valence-corrected chi connectivity index (χ2v) is 5.47. The molecule has 6 heteroatoms. The highest BCUT2D eigenvalue weighted by Gasteiger charge is 2.07. The van der Waals surface area contributed by atoms with E-state index in [2.05, 4.69) is 59.0 Å². The molecular formula is C13H19N5S. The van der Waals surface area contributed by atoms with Crippen LogP contribution in [0.3, 0.4) is 0 Å².